The number of fused-ring (bicyclic) bond motifs is 3. The molecule has 0 saturated carbocycles. The van der Waals surface area contributed by atoms with Gasteiger partial charge in [-0.05, 0) is 49.4 Å². The molecule has 0 atom stereocenters. The second-order valence-electron chi connectivity index (χ2n) is 6.30. The number of aryl methyl sites for hydroxylation is 1. The van der Waals surface area contributed by atoms with Gasteiger partial charge >= 0.3 is 0 Å². The Morgan fingerprint density at radius 1 is 0.968 bits per heavy atom. The molecule has 6 nitrogen and oxygen atoms in total. The molecule has 2 heterocycles. The molecule has 6 heteroatoms. The minimum absolute atomic E-state index is 0.229. The molecule has 0 aliphatic carbocycles. The van der Waals surface area contributed by atoms with E-state index >= 15 is 0 Å². The van der Waals surface area contributed by atoms with Gasteiger partial charge in [0, 0.05) is 11.1 Å². The Balaban J connectivity index is 0.000000620. The van der Waals surface area contributed by atoms with Crippen molar-refractivity contribution in [1.29, 1.82) is 0 Å². The number of hydrogen-bond donors (Lipinski definition) is 1. The number of aliphatic imine (C=N–C) groups is 1. The average molecular weight is 425 g/mol. The number of benzene rings is 2. The lowest BCUT2D eigenvalue weighted by Gasteiger charge is -2.14. The van der Waals surface area contributed by atoms with Crippen LogP contribution in [-0.4, -0.2) is 32.7 Å². The summed E-state index contributed by atoms with van der Waals surface area (Å²) in [6.45, 7) is 14.6. The normalized spacial score (nSPS) is 10.9. The topological polar surface area (TPSA) is 72.5 Å². The molecule has 0 radical (unpaired) electrons. The molecule has 168 valence electrons. The molecule has 4 rings (SSSR count). The predicted molar refractivity (Wildman–Crippen MR) is 129 cm³/mol. The van der Waals surface area contributed by atoms with E-state index in [4.69, 9.17) is 9.73 Å². The van der Waals surface area contributed by atoms with Crippen LogP contribution >= 0.6 is 0 Å². The summed E-state index contributed by atoms with van der Waals surface area (Å²) in [6.07, 6.45) is 1.25. The third-order valence-electron chi connectivity index (χ3n) is 4.11. The Bertz CT molecular complexity index is 960. The fourth-order valence-electron chi connectivity index (χ4n) is 2.95. The molecule has 3 aromatic rings. The van der Waals surface area contributed by atoms with Crippen LogP contribution in [0.2, 0.25) is 0 Å². The van der Waals surface area contributed by atoms with E-state index in [1.165, 1.54) is 6.42 Å². The van der Waals surface area contributed by atoms with E-state index in [1.54, 1.807) is 19.2 Å². The monoisotopic (exact) mass is 424 g/mol. The Morgan fingerprint density at radius 3 is 2.16 bits per heavy atom. The molecule has 1 N–H and O–H groups in total. The van der Waals surface area contributed by atoms with E-state index in [1.807, 2.05) is 69.5 Å². The highest BCUT2D eigenvalue weighted by Gasteiger charge is 2.22. The van der Waals surface area contributed by atoms with Crippen LogP contribution in [0.15, 0.2) is 47.5 Å². The zero-order valence-corrected chi connectivity index (χ0v) is 20.1. The molecule has 1 aromatic heterocycles. The lowest BCUT2D eigenvalue weighted by molar-refractivity contribution is 0.414. The number of nitrogens with zero attached hydrogens (tertiary/aromatic N) is 4. The second kappa shape index (κ2) is 13.2. The lowest BCUT2D eigenvalue weighted by atomic mass is 10.00. The van der Waals surface area contributed by atoms with Gasteiger partial charge < -0.3 is 9.84 Å². The summed E-state index contributed by atoms with van der Waals surface area (Å²) in [5.41, 5.74) is 3.69. The molecule has 0 saturated heterocycles. The van der Waals surface area contributed by atoms with Crippen molar-refractivity contribution in [3.63, 3.8) is 0 Å². The summed E-state index contributed by atoms with van der Waals surface area (Å²) < 4.78 is 7.41. The maximum absolute atomic E-state index is 9.55. The van der Waals surface area contributed by atoms with Gasteiger partial charge in [-0.1, -0.05) is 48.0 Å². The van der Waals surface area contributed by atoms with E-state index in [2.05, 4.69) is 24.0 Å². The molecule has 0 spiro atoms. The number of phenolic OH excluding ortho intramolecular Hbond substituents is 1. The van der Waals surface area contributed by atoms with Crippen molar-refractivity contribution in [3.05, 3.63) is 65.2 Å². The van der Waals surface area contributed by atoms with Crippen LogP contribution in [0.5, 0.6) is 11.5 Å². The number of aromatic nitrogens is 3. The molecule has 0 unspecified atom stereocenters. The van der Waals surface area contributed by atoms with Gasteiger partial charge in [0.1, 0.15) is 23.9 Å². The van der Waals surface area contributed by atoms with Crippen LogP contribution in [0, 0.1) is 6.92 Å². The summed E-state index contributed by atoms with van der Waals surface area (Å²) in [5.74, 6) is 2.60. The molecular weight excluding hydrogens is 388 g/mol. The fourth-order valence-corrected chi connectivity index (χ4v) is 2.95. The van der Waals surface area contributed by atoms with E-state index in [9.17, 15) is 5.11 Å². The Labute approximate surface area is 186 Å². The maximum Gasteiger partial charge on any atom is 0.159 e. The predicted octanol–water partition coefficient (Wildman–Crippen LogP) is 6.11. The Morgan fingerprint density at radius 2 is 1.58 bits per heavy atom. The van der Waals surface area contributed by atoms with E-state index in [-0.39, 0.29) is 5.75 Å². The molecule has 0 fully saturated rings. The first-order chi connectivity index (χ1) is 15.1. The molecule has 31 heavy (non-hydrogen) atoms. The first-order valence-electron chi connectivity index (χ1n) is 11.0. The number of rotatable bonds is 2. The van der Waals surface area contributed by atoms with Gasteiger partial charge in [-0.3, -0.25) is 9.56 Å². The zero-order chi connectivity index (χ0) is 23.4. The largest absolute Gasteiger partial charge is 0.508 e. The summed E-state index contributed by atoms with van der Waals surface area (Å²) >= 11 is 0. The lowest BCUT2D eigenvalue weighted by Crippen LogP contribution is -2.08. The summed E-state index contributed by atoms with van der Waals surface area (Å²) in [6, 6.07) is 12.9. The van der Waals surface area contributed by atoms with Gasteiger partial charge in [-0.2, -0.15) is 0 Å². The molecule has 2 aromatic carbocycles. The fraction of sp³-hybridized carbons (Fsp3) is 0.400. The van der Waals surface area contributed by atoms with Crippen molar-refractivity contribution in [1.82, 2.24) is 14.8 Å². The number of methoxy groups -OCH3 is 1. The summed E-state index contributed by atoms with van der Waals surface area (Å²) in [5, 5.41) is 18.0. The van der Waals surface area contributed by atoms with Crippen LogP contribution in [0.1, 0.15) is 70.7 Å². The van der Waals surface area contributed by atoms with Gasteiger partial charge in [-0.15, -0.1) is 10.2 Å². The number of phenols is 1. The highest BCUT2D eigenvalue weighted by molar-refractivity contribution is 6.15. The van der Waals surface area contributed by atoms with Gasteiger partial charge in [0.25, 0.3) is 0 Å². The highest BCUT2D eigenvalue weighted by atomic mass is 16.5. The van der Waals surface area contributed by atoms with E-state index in [0.29, 0.717) is 6.54 Å². The van der Waals surface area contributed by atoms with Crippen molar-refractivity contribution in [2.24, 2.45) is 4.99 Å². The van der Waals surface area contributed by atoms with Crippen LogP contribution in [0.3, 0.4) is 0 Å². The highest BCUT2D eigenvalue weighted by Crippen LogP contribution is 2.29. The Kier molecular flexibility index (Phi) is 11.0. The van der Waals surface area contributed by atoms with Crippen molar-refractivity contribution in [3.8, 4) is 17.2 Å². The van der Waals surface area contributed by atoms with Crippen LogP contribution in [-0.2, 0) is 6.54 Å². The van der Waals surface area contributed by atoms with Gasteiger partial charge in [0.2, 0.25) is 0 Å². The standard InChI is InChI=1S/C18H16N4O2.C3H8.2C2H6/c1-11-20-21-17-10-19-18(12-3-5-13(23)6-4-12)15-9-14(24-2)7-8-16(15)22(11)17;1-3-2;2*1-2/h3-9,23H,10H2,1-2H3;3H2,1-2H3;2*1-2H3. The molecule has 1 aliphatic rings. The van der Waals surface area contributed by atoms with Gasteiger partial charge in [0.05, 0.1) is 18.5 Å². The van der Waals surface area contributed by atoms with Gasteiger partial charge in [0.15, 0.2) is 5.82 Å². The SMILES string of the molecule is CC.CC.CCC.COc1ccc2c(c1)C(c1ccc(O)cc1)=NCc1nnc(C)n1-2. The average Bonchev–Trinajstić information content (AvgIpc) is 3.09. The van der Waals surface area contributed by atoms with Crippen LogP contribution < -0.4 is 4.74 Å². The van der Waals surface area contributed by atoms with Crippen molar-refractivity contribution in [2.75, 3.05) is 7.11 Å². The number of hydrogen-bond acceptors (Lipinski definition) is 5. The third kappa shape index (κ3) is 6.17. The smallest absolute Gasteiger partial charge is 0.159 e. The number of aromatic hydroxyl groups is 1. The molecule has 0 bridgehead atoms. The summed E-state index contributed by atoms with van der Waals surface area (Å²) in [4.78, 5) is 4.75. The minimum atomic E-state index is 0.229. The van der Waals surface area contributed by atoms with Gasteiger partial charge in [-0.25, -0.2) is 0 Å². The zero-order valence-electron chi connectivity index (χ0n) is 20.1. The van der Waals surface area contributed by atoms with Crippen LogP contribution in [0.25, 0.3) is 5.69 Å². The first-order valence-corrected chi connectivity index (χ1v) is 11.0. The van der Waals surface area contributed by atoms with E-state index in [0.717, 1.165) is 39.9 Å². The molecule has 1 aliphatic heterocycles. The summed E-state index contributed by atoms with van der Waals surface area (Å²) in [7, 11) is 1.64. The quantitative estimate of drug-likeness (QED) is 0.539. The first kappa shape index (κ1) is 25.9. The molecule has 0 amide bonds. The molecular formula is C25H36N4O2. The van der Waals surface area contributed by atoms with Crippen molar-refractivity contribution in [2.45, 2.75) is 61.4 Å². The van der Waals surface area contributed by atoms with Crippen LogP contribution in [0.4, 0.5) is 0 Å². The maximum atomic E-state index is 9.55. The van der Waals surface area contributed by atoms with E-state index < -0.39 is 0 Å². The second-order valence-corrected chi connectivity index (χ2v) is 6.30. The Hall–Kier alpha value is -3.15. The van der Waals surface area contributed by atoms with Crippen molar-refractivity contribution >= 4 is 5.71 Å². The minimum Gasteiger partial charge on any atom is -0.508 e. The third-order valence-corrected chi connectivity index (χ3v) is 4.11. The number of ether oxygens (including phenoxy) is 1. The van der Waals surface area contributed by atoms with Crippen molar-refractivity contribution < 1.29 is 9.84 Å².